The molecule has 100 valence electrons. The molecule has 2 aromatic heterocycles. The first-order valence-electron chi connectivity index (χ1n) is 6.25. The molecule has 0 radical (unpaired) electrons. The number of aromatic nitrogens is 4. The average molecular weight is 262 g/mol. The Morgan fingerprint density at radius 1 is 1.32 bits per heavy atom. The molecule has 0 bridgehead atoms. The van der Waals surface area contributed by atoms with E-state index >= 15 is 0 Å². The van der Waals surface area contributed by atoms with Crippen LogP contribution in [0.1, 0.15) is 12.8 Å². The van der Waals surface area contributed by atoms with Gasteiger partial charge >= 0.3 is 5.76 Å². The minimum atomic E-state index is -0.452. The molecule has 0 saturated carbocycles. The lowest BCUT2D eigenvalue weighted by molar-refractivity contribution is 0.0608. The molecule has 1 saturated heterocycles. The molecule has 1 fully saturated rings. The third kappa shape index (κ3) is 2.55. The Hall–Kier alpha value is -2.02. The lowest BCUT2D eigenvalue weighted by Gasteiger charge is -2.21. The fourth-order valence-electron chi connectivity index (χ4n) is 2.22. The molecule has 0 spiro atoms. The van der Waals surface area contributed by atoms with Gasteiger partial charge in [-0.1, -0.05) is 5.16 Å². The number of hydrogen-bond donors (Lipinski definition) is 0. The van der Waals surface area contributed by atoms with E-state index in [4.69, 9.17) is 9.26 Å². The van der Waals surface area contributed by atoms with E-state index in [1.54, 1.807) is 18.6 Å². The Balaban J connectivity index is 1.88. The molecular formula is C12H14N4O3. The molecule has 0 unspecified atom stereocenters. The zero-order chi connectivity index (χ0) is 13.1. The maximum absolute atomic E-state index is 11.7. The fraction of sp³-hybridized carbons (Fsp3) is 0.500. The number of rotatable bonds is 3. The van der Waals surface area contributed by atoms with Crippen molar-refractivity contribution in [2.24, 2.45) is 5.92 Å². The monoisotopic (exact) mass is 262 g/mol. The first kappa shape index (κ1) is 12.0. The smallest absolute Gasteiger partial charge is 0.381 e. The second-order valence-electron chi connectivity index (χ2n) is 4.53. The van der Waals surface area contributed by atoms with Crippen molar-refractivity contribution in [3.63, 3.8) is 0 Å². The normalized spacial score (nSPS) is 16.6. The van der Waals surface area contributed by atoms with Crippen molar-refractivity contribution in [2.45, 2.75) is 19.4 Å². The van der Waals surface area contributed by atoms with Crippen molar-refractivity contribution < 1.29 is 9.26 Å². The highest BCUT2D eigenvalue weighted by molar-refractivity contribution is 5.46. The van der Waals surface area contributed by atoms with E-state index in [1.165, 1.54) is 4.57 Å². The minimum absolute atomic E-state index is 0.404. The van der Waals surface area contributed by atoms with Crippen molar-refractivity contribution in [1.82, 2.24) is 19.7 Å². The summed E-state index contributed by atoms with van der Waals surface area (Å²) >= 11 is 0. The SMILES string of the molecule is O=c1onc(-c2cnccn2)n1CC1CCOCC1. The highest BCUT2D eigenvalue weighted by atomic mass is 16.5. The molecule has 3 heterocycles. The molecular weight excluding hydrogens is 248 g/mol. The van der Waals surface area contributed by atoms with Crippen LogP contribution in [0.2, 0.25) is 0 Å². The van der Waals surface area contributed by atoms with Crippen LogP contribution >= 0.6 is 0 Å². The van der Waals surface area contributed by atoms with Crippen LogP contribution in [-0.2, 0) is 11.3 Å². The first-order valence-corrected chi connectivity index (χ1v) is 6.25. The van der Waals surface area contributed by atoms with Crippen LogP contribution < -0.4 is 5.76 Å². The Labute approximate surface area is 109 Å². The van der Waals surface area contributed by atoms with Gasteiger partial charge in [0, 0.05) is 32.2 Å². The molecule has 7 nitrogen and oxygen atoms in total. The predicted molar refractivity (Wildman–Crippen MR) is 65.3 cm³/mol. The lowest BCUT2D eigenvalue weighted by atomic mass is 10.0. The summed E-state index contributed by atoms with van der Waals surface area (Å²) in [6.45, 7) is 2.06. The van der Waals surface area contributed by atoms with Crippen LogP contribution in [0.5, 0.6) is 0 Å². The van der Waals surface area contributed by atoms with Gasteiger partial charge in [-0.05, 0) is 18.8 Å². The topological polar surface area (TPSA) is 83.0 Å². The molecule has 0 atom stereocenters. The summed E-state index contributed by atoms with van der Waals surface area (Å²) in [4.78, 5) is 19.9. The third-order valence-corrected chi connectivity index (χ3v) is 3.26. The van der Waals surface area contributed by atoms with Gasteiger partial charge in [0.2, 0.25) is 5.82 Å². The van der Waals surface area contributed by atoms with Gasteiger partial charge in [0.05, 0.1) is 6.20 Å². The standard InChI is InChI=1S/C12H14N4O3/c17-12-16(8-9-1-5-18-6-2-9)11(15-19-12)10-7-13-3-4-14-10/h3-4,7,9H,1-2,5-6,8H2. The van der Waals surface area contributed by atoms with Crippen molar-refractivity contribution in [1.29, 1.82) is 0 Å². The van der Waals surface area contributed by atoms with Crippen molar-refractivity contribution in [3.05, 3.63) is 29.1 Å². The molecule has 0 N–H and O–H groups in total. The van der Waals surface area contributed by atoms with Gasteiger partial charge in [-0.15, -0.1) is 0 Å². The third-order valence-electron chi connectivity index (χ3n) is 3.26. The van der Waals surface area contributed by atoms with E-state index in [0.717, 1.165) is 26.1 Å². The maximum Gasteiger partial charge on any atom is 0.441 e. The van der Waals surface area contributed by atoms with Gasteiger partial charge in [-0.25, -0.2) is 9.78 Å². The van der Waals surface area contributed by atoms with E-state index < -0.39 is 5.76 Å². The Kier molecular flexibility index (Phi) is 3.37. The first-order chi connectivity index (χ1) is 9.34. The minimum Gasteiger partial charge on any atom is -0.381 e. The van der Waals surface area contributed by atoms with Crippen LogP contribution in [0.15, 0.2) is 27.9 Å². The Morgan fingerprint density at radius 2 is 2.16 bits per heavy atom. The molecule has 19 heavy (non-hydrogen) atoms. The molecule has 7 heteroatoms. The van der Waals surface area contributed by atoms with Crippen LogP contribution in [0.4, 0.5) is 0 Å². The summed E-state index contributed by atoms with van der Waals surface area (Å²) in [7, 11) is 0. The van der Waals surface area contributed by atoms with E-state index in [-0.39, 0.29) is 0 Å². The van der Waals surface area contributed by atoms with Gasteiger partial charge in [-0.2, -0.15) is 0 Å². The summed E-state index contributed by atoms with van der Waals surface area (Å²) in [6, 6.07) is 0. The van der Waals surface area contributed by atoms with Gasteiger partial charge in [0.1, 0.15) is 5.69 Å². The summed E-state index contributed by atoms with van der Waals surface area (Å²) in [5, 5.41) is 3.79. The summed E-state index contributed by atoms with van der Waals surface area (Å²) in [5.74, 6) is 0.387. The van der Waals surface area contributed by atoms with Gasteiger partial charge < -0.3 is 4.74 Å². The highest BCUT2D eigenvalue weighted by Gasteiger charge is 2.20. The molecule has 3 rings (SSSR count). The molecule has 1 aliphatic heterocycles. The molecule has 0 aromatic carbocycles. The summed E-state index contributed by atoms with van der Waals surface area (Å²) in [6.07, 6.45) is 6.59. The Morgan fingerprint density at radius 3 is 2.89 bits per heavy atom. The van der Waals surface area contributed by atoms with Crippen LogP contribution in [0, 0.1) is 5.92 Å². The number of hydrogen-bond acceptors (Lipinski definition) is 6. The largest absolute Gasteiger partial charge is 0.441 e. The highest BCUT2D eigenvalue weighted by Crippen LogP contribution is 2.19. The second-order valence-corrected chi connectivity index (χ2v) is 4.53. The second kappa shape index (κ2) is 5.31. The molecule has 1 aliphatic rings. The number of ether oxygens (including phenoxy) is 1. The zero-order valence-corrected chi connectivity index (χ0v) is 10.4. The Bertz CT molecular complexity index is 587. The molecule has 2 aromatic rings. The van der Waals surface area contributed by atoms with E-state index in [0.29, 0.717) is 24.0 Å². The quantitative estimate of drug-likeness (QED) is 0.810. The van der Waals surface area contributed by atoms with Crippen LogP contribution in [-0.4, -0.2) is 32.9 Å². The van der Waals surface area contributed by atoms with E-state index in [1.807, 2.05) is 0 Å². The van der Waals surface area contributed by atoms with Crippen molar-refractivity contribution >= 4 is 0 Å². The predicted octanol–water partition coefficient (Wildman–Crippen LogP) is 0.720. The van der Waals surface area contributed by atoms with Crippen molar-refractivity contribution in [3.8, 4) is 11.5 Å². The van der Waals surface area contributed by atoms with Gasteiger partial charge in [-0.3, -0.25) is 14.1 Å². The molecule has 0 aliphatic carbocycles. The number of nitrogens with zero attached hydrogens (tertiary/aromatic N) is 4. The van der Waals surface area contributed by atoms with E-state index in [2.05, 4.69) is 15.1 Å². The zero-order valence-electron chi connectivity index (χ0n) is 10.4. The van der Waals surface area contributed by atoms with E-state index in [9.17, 15) is 4.79 Å². The summed E-state index contributed by atoms with van der Waals surface area (Å²) in [5.41, 5.74) is 0.542. The van der Waals surface area contributed by atoms with Crippen LogP contribution in [0.25, 0.3) is 11.5 Å². The average Bonchev–Trinajstić information content (AvgIpc) is 2.82. The van der Waals surface area contributed by atoms with Crippen LogP contribution in [0.3, 0.4) is 0 Å². The fourth-order valence-corrected chi connectivity index (χ4v) is 2.22. The van der Waals surface area contributed by atoms with Gasteiger partial charge in [0.15, 0.2) is 0 Å². The lowest BCUT2D eigenvalue weighted by Crippen LogP contribution is -2.25. The summed E-state index contributed by atoms with van der Waals surface area (Å²) < 4.78 is 11.6. The van der Waals surface area contributed by atoms with Gasteiger partial charge in [0.25, 0.3) is 0 Å². The molecule has 0 amide bonds. The maximum atomic E-state index is 11.7. The van der Waals surface area contributed by atoms with Crippen molar-refractivity contribution in [2.75, 3.05) is 13.2 Å².